The van der Waals surface area contributed by atoms with Crippen LogP contribution >= 0.6 is 0 Å². The standard InChI is InChI=1S/C22H24N4O3/c1-22(2,12-27)25-21(28)15-7-8-23-20-16(15)11-17(24-20)19-10-13-9-14(29-4)5-6-18(13)26(19)3/h5-11,27H,12H2,1-4H3,(H,23,24)(H,25,28). The van der Waals surface area contributed by atoms with E-state index in [2.05, 4.69) is 25.9 Å². The summed E-state index contributed by atoms with van der Waals surface area (Å²) in [5.41, 5.74) is 3.37. The molecule has 0 atom stereocenters. The van der Waals surface area contributed by atoms with E-state index in [1.54, 1.807) is 33.2 Å². The third-order valence-corrected chi connectivity index (χ3v) is 5.15. The molecule has 4 rings (SSSR count). The van der Waals surface area contributed by atoms with E-state index >= 15 is 0 Å². The Morgan fingerprint density at radius 1 is 1.28 bits per heavy atom. The van der Waals surface area contributed by atoms with Crippen molar-refractivity contribution < 1.29 is 14.6 Å². The molecular formula is C22H24N4O3. The number of hydrogen-bond acceptors (Lipinski definition) is 4. The minimum Gasteiger partial charge on any atom is -0.497 e. The van der Waals surface area contributed by atoms with Gasteiger partial charge in [0.05, 0.1) is 36.2 Å². The number of nitrogens with zero attached hydrogens (tertiary/aromatic N) is 2. The smallest absolute Gasteiger partial charge is 0.252 e. The number of pyridine rings is 1. The van der Waals surface area contributed by atoms with Gasteiger partial charge in [-0.3, -0.25) is 4.79 Å². The number of amides is 1. The molecule has 7 heteroatoms. The highest BCUT2D eigenvalue weighted by molar-refractivity contribution is 6.07. The Bertz CT molecular complexity index is 1220. The molecule has 29 heavy (non-hydrogen) atoms. The number of aromatic amines is 1. The zero-order valence-corrected chi connectivity index (χ0v) is 16.9. The molecule has 3 heterocycles. The minimum atomic E-state index is -0.708. The van der Waals surface area contributed by atoms with Gasteiger partial charge < -0.3 is 24.7 Å². The normalized spacial score (nSPS) is 11.9. The topological polar surface area (TPSA) is 92.2 Å². The molecule has 0 unspecified atom stereocenters. The lowest BCUT2D eigenvalue weighted by Crippen LogP contribution is -2.46. The summed E-state index contributed by atoms with van der Waals surface area (Å²) < 4.78 is 7.42. The van der Waals surface area contributed by atoms with E-state index in [0.29, 0.717) is 11.2 Å². The van der Waals surface area contributed by atoms with Crippen LogP contribution in [0.2, 0.25) is 0 Å². The molecule has 3 N–H and O–H groups in total. The zero-order chi connectivity index (χ0) is 20.8. The zero-order valence-electron chi connectivity index (χ0n) is 16.9. The van der Waals surface area contributed by atoms with Gasteiger partial charge in [0, 0.05) is 29.5 Å². The van der Waals surface area contributed by atoms with Crippen LogP contribution in [-0.2, 0) is 7.05 Å². The van der Waals surface area contributed by atoms with Crippen LogP contribution in [0.3, 0.4) is 0 Å². The first-order valence-corrected chi connectivity index (χ1v) is 9.38. The number of fused-ring (bicyclic) bond motifs is 2. The second-order valence-corrected chi connectivity index (χ2v) is 7.81. The minimum absolute atomic E-state index is 0.148. The van der Waals surface area contributed by atoms with Crippen molar-refractivity contribution in [1.82, 2.24) is 19.9 Å². The Hall–Kier alpha value is -3.32. The number of methoxy groups -OCH3 is 1. The van der Waals surface area contributed by atoms with Crippen molar-refractivity contribution >= 4 is 27.8 Å². The summed E-state index contributed by atoms with van der Waals surface area (Å²) in [6, 6.07) is 11.7. The number of carbonyl (C=O) groups is 1. The van der Waals surface area contributed by atoms with Gasteiger partial charge >= 0.3 is 0 Å². The molecule has 0 aliphatic carbocycles. The summed E-state index contributed by atoms with van der Waals surface area (Å²) in [5, 5.41) is 14.1. The van der Waals surface area contributed by atoms with Crippen LogP contribution in [0.4, 0.5) is 0 Å². The van der Waals surface area contributed by atoms with Crippen LogP contribution in [0.1, 0.15) is 24.2 Å². The fourth-order valence-corrected chi connectivity index (χ4v) is 3.49. The first-order chi connectivity index (χ1) is 13.8. The number of rotatable bonds is 5. The van der Waals surface area contributed by atoms with Crippen molar-refractivity contribution in [2.75, 3.05) is 13.7 Å². The third kappa shape index (κ3) is 3.34. The number of aromatic nitrogens is 3. The summed E-state index contributed by atoms with van der Waals surface area (Å²) in [7, 11) is 3.65. The first-order valence-electron chi connectivity index (χ1n) is 9.38. The fourth-order valence-electron chi connectivity index (χ4n) is 3.49. The summed E-state index contributed by atoms with van der Waals surface area (Å²) in [5.74, 6) is 0.558. The molecule has 150 valence electrons. The molecule has 1 aromatic carbocycles. The van der Waals surface area contributed by atoms with Crippen LogP contribution in [0.5, 0.6) is 5.75 Å². The number of hydrogen-bond donors (Lipinski definition) is 3. The average molecular weight is 392 g/mol. The maximum atomic E-state index is 12.8. The highest BCUT2D eigenvalue weighted by Gasteiger charge is 2.22. The van der Waals surface area contributed by atoms with Crippen molar-refractivity contribution in [2.24, 2.45) is 7.05 Å². The molecule has 0 fully saturated rings. The molecule has 0 radical (unpaired) electrons. The van der Waals surface area contributed by atoms with Gasteiger partial charge in [0.25, 0.3) is 5.91 Å². The summed E-state index contributed by atoms with van der Waals surface area (Å²) in [6.07, 6.45) is 1.61. The van der Waals surface area contributed by atoms with Gasteiger partial charge in [-0.05, 0) is 50.2 Å². The highest BCUT2D eigenvalue weighted by Crippen LogP contribution is 2.31. The molecule has 1 amide bonds. The summed E-state index contributed by atoms with van der Waals surface area (Å²) in [6.45, 7) is 3.40. The van der Waals surface area contributed by atoms with Crippen molar-refractivity contribution in [3.05, 3.63) is 48.2 Å². The first kappa shape index (κ1) is 19.0. The number of benzene rings is 1. The summed E-state index contributed by atoms with van der Waals surface area (Å²) in [4.78, 5) is 20.5. The number of aliphatic hydroxyl groups excluding tert-OH is 1. The Kier molecular flexibility index (Phi) is 4.55. The maximum Gasteiger partial charge on any atom is 0.252 e. The predicted molar refractivity (Wildman–Crippen MR) is 113 cm³/mol. The molecular weight excluding hydrogens is 368 g/mol. The number of nitrogens with one attached hydrogen (secondary N) is 2. The van der Waals surface area contributed by atoms with Crippen LogP contribution in [0.25, 0.3) is 33.3 Å². The molecule has 0 bridgehead atoms. The second kappa shape index (κ2) is 6.93. The third-order valence-electron chi connectivity index (χ3n) is 5.15. The second-order valence-electron chi connectivity index (χ2n) is 7.81. The van der Waals surface area contributed by atoms with Gasteiger partial charge in [-0.2, -0.15) is 0 Å². The quantitative estimate of drug-likeness (QED) is 0.486. The fraction of sp³-hybridized carbons (Fsp3) is 0.273. The Balaban J connectivity index is 1.80. The van der Waals surface area contributed by atoms with Gasteiger partial charge in [-0.25, -0.2) is 4.98 Å². The molecule has 0 spiro atoms. The largest absolute Gasteiger partial charge is 0.497 e. The number of H-pyrrole nitrogens is 1. The number of aliphatic hydroxyl groups is 1. The molecule has 0 aliphatic rings. The van der Waals surface area contributed by atoms with Crippen LogP contribution in [0, 0.1) is 0 Å². The van der Waals surface area contributed by atoms with Crippen molar-refractivity contribution in [1.29, 1.82) is 0 Å². The molecule has 4 aromatic rings. The lowest BCUT2D eigenvalue weighted by molar-refractivity contribution is 0.0871. The van der Waals surface area contributed by atoms with Crippen molar-refractivity contribution in [3.8, 4) is 17.1 Å². The monoisotopic (exact) mass is 392 g/mol. The van der Waals surface area contributed by atoms with Crippen molar-refractivity contribution in [3.63, 3.8) is 0 Å². The Morgan fingerprint density at radius 2 is 2.07 bits per heavy atom. The van der Waals surface area contributed by atoms with Gasteiger partial charge in [-0.15, -0.1) is 0 Å². The molecule has 7 nitrogen and oxygen atoms in total. The number of carbonyl (C=O) groups excluding carboxylic acids is 1. The van der Waals surface area contributed by atoms with Gasteiger partial charge in [0.2, 0.25) is 0 Å². The van der Waals surface area contributed by atoms with E-state index in [-0.39, 0.29) is 12.5 Å². The molecule has 0 saturated carbocycles. The van der Waals surface area contributed by atoms with E-state index in [1.807, 2.05) is 31.3 Å². The average Bonchev–Trinajstić information content (AvgIpc) is 3.28. The summed E-state index contributed by atoms with van der Waals surface area (Å²) >= 11 is 0. The van der Waals surface area contributed by atoms with Crippen molar-refractivity contribution in [2.45, 2.75) is 19.4 Å². The number of ether oxygens (including phenoxy) is 1. The van der Waals surface area contributed by atoms with E-state index in [4.69, 9.17) is 4.74 Å². The van der Waals surface area contributed by atoms with Gasteiger partial charge in [0.1, 0.15) is 11.4 Å². The SMILES string of the molecule is COc1ccc2c(c1)cc(-c1cc3c(C(=O)NC(C)(C)CO)ccnc3[nH]1)n2C. The van der Waals surface area contributed by atoms with E-state index in [0.717, 1.165) is 33.4 Å². The van der Waals surface area contributed by atoms with Gasteiger partial charge in [0.15, 0.2) is 0 Å². The number of aryl methyl sites for hydroxylation is 1. The van der Waals surface area contributed by atoms with Crippen LogP contribution < -0.4 is 10.1 Å². The molecule has 0 aliphatic heterocycles. The predicted octanol–water partition coefficient (Wildman–Crippen LogP) is 3.23. The highest BCUT2D eigenvalue weighted by atomic mass is 16.5. The molecule has 3 aromatic heterocycles. The molecule has 0 saturated heterocycles. The van der Waals surface area contributed by atoms with Crippen LogP contribution in [0.15, 0.2) is 42.6 Å². The lowest BCUT2D eigenvalue weighted by Gasteiger charge is -2.23. The van der Waals surface area contributed by atoms with E-state index in [9.17, 15) is 9.90 Å². The van der Waals surface area contributed by atoms with E-state index in [1.165, 1.54) is 0 Å². The van der Waals surface area contributed by atoms with E-state index < -0.39 is 5.54 Å². The Labute approximate surface area is 168 Å². The van der Waals surface area contributed by atoms with Crippen LogP contribution in [-0.4, -0.2) is 44.8 Å². The lowest BCUT2D eigenvalue weighted by atomic mass is 10.1. The van der Waals surface area contributed by atoms with Gasteiger partial charge in [-0.1, -0.05) is 0 Å². The Morgan fingerprint density at radius 3 is 2.79 bits per heavy atom. The maximum absolute atomic E-state index is 12.8.